The molecule has 0 saturated heterocycles. The Morgan fingerprint density at radius 1 is 1.32 bits per heavy atom. The van der Waals surface area contributed by atoms with Crippen LogP contribution in [0.25, 0.3) is 6.08 Å². The van der Waals surface area contributed by atoms with Crippen LogP contribution in [0.2, 0.25) is 0 Å². The normalized spacial score (nSPS) is 10.4. The fourth-order valence-electron chi connectivity index (χ4n) is 1.99. The van der Waals surface area contributed by atoms with Crippen molar-refractivity contribution in [2.75, 3.05) is 13.1 Å². The molecule has 0 aromatic heterocycles. The van der Waals surface area contributed by atoms with Gasteiger partial charge < -0.3 is 10.0 Å². The molecule has 1 aromatic rings. The number of nitrogens with zero attached hydrogens (tertiary/aromatic N) is 1. The Kier molecular flexibility index (Phi) is 7.49. The first-order valence-electron chi connectivity index (χ1n) is 7.19. The van der Waals surface area contributed by atoms with Crippen LogP contribution in [0.15, 0.2) is 30.3 Å². The largest absolute Gasteiger partial charge is 0.481 e. The van der Waals surface area contributed by atoms with E-state index in [2.05, 4.69) is 5.92 Å². The maximum atomic E-state index is 12.0. The van der Waals surface area contributed by atoms with Crippen molar-refractivity contribution < 1.29 is 14.7 Å². The number of benzene rings is 1. The molecule has 0 saturated carbocycles. The Hall–Kier alpha value is -2.54. The van der Waals surface area contributed by atoms with Gasteiger partial charge >= 0.3 is 5.97 Å². The second kappa shape index (κ2) is 9.41. The molecule has 1 N–H and O–H groups in total. The van der Waals surface area contributed by atoms with Crippen molar-refractivity contribution in [1.29, 1.82) is 0 Å². The molecule has 0 aliphatic heterocycles. The van der Waals surface area contributed by atoms with E-state index in [1.165, 1.54) is 0 Å². The lowest BCUT2D eigenvalue weighted by Crippen LogP contribution is -2.31. The van der Waals surface area contributed by atoms with Gasteiger partial charge in [-0.2, -0.15) is 0 Å². The number of amides is 1. The summed E-state index contributed by atoms with van der Waals surface area (Å²) in [6.45, 7) is 2.67. The maximum absolute atomic E-state index is 12.0. The van der Waals surface area contributed by atoms with E-state index in [1.54, 1.807) is 4.90 Å². The summed E-state index contributed by atoms with van der Waals surface area (Å²) in [5.41, 5.74) is 2.26. The molecule has 1 rings (SSSR count). The van der Waals surface area contributed by atoms with Crippen LogP contribution < -0.4 is 0 Å². The van der Waals surface area contributed by atoms with Crippen LogP contribution in [0, 0.1) is 19.3 Å². The van der Waals surface area contributed by atoms with Gasteiger partial charge in [0, 0.05) is 19.4 Å². The Morgan fingerprint density at radius 3 is 2.68 bits per heavy atom. The number of aliphatic carboxylic acids is 1. The summed E-state index contributed by atoms with van der Waals surface area (Å²) in [7, 11) is 0. The second-order valence-electron chi connectivity index (χ2n) is 4.98. The molecule has 116 valence electrons. The molecule has 0 radical (unpaired) electrons. The summed E-state index contributed by atoms with van der Waals surface area (Å²) in [6.07, 6.45) is 9.67. The van der Waals surface area contributed by atoms with Gasteiger partial charge in [-0.3, -0.25) is 9.59 Å². The minimum atomic E-state index is -0.893. The summed E-state index contributed by atoms with van der Waals surface area (Å²) in [4.78, 5) is 24.0. The van der Waals surface area contributed by atoms with Gasteiger partial charge in [0.25, 0.3) is 0 Å². The molecule has 4 heteroatoms. The van der Waals surface area contributed by atoms with Crippen LogP contribution in [0.3, 0.4) is 0 Å². The van der Waals surface area contributed by atoms with Crippen molar-refractivity contribution in [3.63, 3.8) is 0 Å². The molecule has 0 unspecified atom stereocenters. The number of terminal acetylenes is 1. The smallest absolute Gasteiger partial charge is 0.303 e. The van der Waals surface area contributed by atoms with Crippen molar-refractivity contribution >= 4 is 18.0 Å². The lowest BCUT2D eigenvalue weighted by atomic mass is 10.1. The quantitative estimate of drug-likeness (QED) is 0.751. The van der Waals surface area contributed by atoms with E-state index < -0.39 is 5.97 Å². The number of aryl methyl sites for hydroxylation is 1. The average molecular weight is 299 g/mol. The standard InChI is InChI=1S/C18H21NO3/c1-3-13-19(17(20)11-6-12-18(21)22)14-7-10-16-9-5-4-8-15(16)2/h1,4-5,7-10H,6,11-14H2,2H3,(H,21,22)/b10-7+. The number of rotatable bonds is 8. The maximum Gasteiger partial charge on any atom is 0.303 e. The lowest BCUT2D eigenvalue weighted by molar-refractivity contribution is -0.137. The van der Waals surface area contributed by atoms with Gasteiger partial charge in [0.05, 0.1) is 6.54 Å². The van der Waals surface area contributed by atoms with Gasteiger partial charge in [0.2, 0.25) is 5.91 Å². The summed E-state index contributed by atoms with van der Waals surface area (Å²) in [5.74, 6) is 1.45. The van der Waals surface area contributed by atoms with Crippen molar-refractivity contribution in [3.05, 3.63) is 41.5 Å². The van der Waals surface area contributed by atoms with Crippen molar-refractivity contribution in [2.45, 2.75) is 26.2 Å². The van der Waals surface area contributed by atoms with Crippen molar-refractivity contribution in [3.8, 4) is 12.3 Å². The fourth-order valence-corrected chi connectivity index (χ4v) is 1.99. The highest BCUT2D eigenvalue weighted by molar-refractivity contribution is 5.77. The van der Waals surface area contributed by atoms with E-state index >= 15 is 0 Å². The molecule has 0 bridgehead atoms. The van der Waals surface area contributed by atoms with Crippen LogP contribution in [-0.2, 0) is 9.59 Å². The lowest BCUT2D eigenvalue weighted by Gasteiger charge is -2.18. The third-order valence-electron chi connectivity index (χ3n) is 3.23. The van der Waals surface area contributed by atoms with E-state index in [0.717, 1.165) is 11.1 Å². The van der Waals surface area contributed by atoms with Gasteiger partial charge in [-0.05, 0) is 24.5 Å². The first kappa shape index (κ1) is 17.5. The molecule has 0 aliphatic carbocycles. The van der Waals surface area contributed by atoms with Gasteiger partial charge in [-0.1, -0.05) is 42.3 Å². The van der Waals surface area contributed by atoms with E-state index in [-0.39, 0.29) is 25.3 Å². The van der Waals surface area contributed by atoms with Crippen LogP contribution in [0.1, 0.15) is 30.4 Å². The molecular weight excluding hydrogens is 278 g/mol. The third kappa shape index (κ3) is 6.27. The topological polar surface area (TPSA) is 57.6 Å². The first-order chi connectivity index (χ1) is 10.5. The molecule has 0 fully saturated rings. The van der Waals surface area contributed by atoms with Gasteiger partial charge in [-0.25, -0.2) is 0 Å². The van der Waals surface area contributed by atoms with Crippen LogP contribution in [0.4, 0.5) is 0 Å². The van der Waals surface area contributed by atoms with Gasteiger partial charge in [-0.15, -0.1) is 6.42 Å². The zero-order chi connectivity index (χ0) is 16.4. The molecule has 0 atom stereocenters. The van der Waals surface area contributed by atoms with E-state index in [9.17, 15) is 9.59 Å². The Labute approximate surface area is 131 Å². The SMILES string of the molecule is C#CCN(C/C=C/c1ccccc1C)C(=O)CCCC(=O)O. The van der Waals surface area contributed by atoms with Crippen molar-refractivity contribution in [1.82, 2.24) is 4.90 Å². The van der Waals surface area contributed by atoms with Gasteiger partial charge in [0.1, 0.15) is 0 Å². The Bertz CT molecular complexity index is 584. The minimum Gasteiger partial charge on any atom is -0.481 e. The number of carboxylic acid groups (broad SMARTS) is 1. The molecule has 0 spiro atoms. The van der Waals surface area contributed by atoms with Crippen molar-refractivity contribution in [2.24, 2.45) is 0 Å². The number of carbonyl (C=O) groups excluding carboxylic acids is 1. The van der Waals surface area contributed by atoms with Crippen LogP contribution in [0.5, 0.6) is 0 Å². The summed E-state index contributed by atoms with van der Waals surface area (Å²) >= 11 is 0. The summed E-state index contributed by atoms with van der Waals surface area (Å²) < 4.78 is 0. The number of carbonyl (C=O) groups is 2. The molecule has 22 heavy (non-hydrogen) atoms. The van der Waals surface area contributed by atoms with Crippen LogP contribution >= 0.6 is 0 Å². The molecule has 0 heterocycles. The van der Waals surface area contributed by atoms with E-state index in [0.29, 0.717) is 13.0 Å². The zero-order valence-corrected chi connectivity index (χ0v) is 12.8. The molecule has 1 aromatic carbocycles. The third-order valence-corrected chi connectivity index (χ3v) is 3.23. The predicted octanol–water partition coefficient (Wildman–Crippen LogP) is 2.72. The second-order valence-corrected chi connectivity index (χ2v) is 4.98. The monoisotopic (exact) mass is 299 g/mol. The Morgan fingerprint density at radius 2 is 2.05 bits per heavy atom. The number of hydrogen-bond acceptors (Lipinski definition) is 2. The van der Waals surface area contributed by atoms with Gasteiger partial charge in [0.15, 0.2) is 0 Å². The highest BCUT2D eigenvalue weighted by atomic mass is 16.4. The van der Waals surface area contributed by atoms with E-state index in [1.807, 2.05) is 43.3 Å². The highest BCUT2D eigenvalue weighted by Crippen LogP contribution is 2.09. The number of hydrogen-bond donors (Lipinski definition) is 1. The average Bonchev–Trinajstić information content (AvgIpc) is 2.47. The summed E-state index contributed by atoms with van der Waals surface area (Å²) in [5, 5.41) is 8.59. The first-order valence-corrected chi connectivity index (χ1v) is 7.19. The molecular formula is C18H21NO3. The summed E-state index contributed by atoms with van der Waals surface area (Å²) in [6, 6.07) is 7.97. The zero-order valence-electron chi connectivity index (χ0n) is 12.8. The fraction of sp³-hybridized carbons (Fsp3) is 0.333. The molecule has 0 aliphatic rings. The highest BCUT2D eigenvalue weighted by Gasteiger charge is 2.11. The van der Waals surface area contributed by atoms with E-state index in [4.69, 9.17) is 11.5 Å². The molecule has 4 nitrogen and oxygen atoms in total. The Balaban J connectivity index is 2.57. The molecule has 1 amide bonds. The van der Waals surface area contributed by atoms with Crippen LogP contribution in [-0.4, -0.2) is 35.0 Å². The minimum absolute atomic E-state index is 0.00527. The predicted molar refractivity (Wildman–Crippen MR) is 87.1 cm³/mol. The number of carboxylic acids is 1.